The molecule has 1 aromatic heterocycles. The first-order chi connectivity index (χ1) is 8.59. The number of rotatable bonds is 2. The van der Waals surface area contributed by atoms with Gasteiger partial charge in [-0.05, 0) is 31.9 Å². The van der Waals surface area contributed by atoms with Crippen molar-refractivity contribution in [3.05, 3.63) is 29.6 Å². The van der Waals surface area contributed by atoms with E-state index < -0.39 is 0 Å². The number of carbonyl (C=O) groups excluding carboxylic acids is 1. The number of halogens is 1. The van der Waals surface area contributed by atoms with Crippen LogP contribution >= 0.6 is 11.6 Å². The summed E-state index contributed by atoms with van der Waals surface area (Å²) in [5.74, 6) is 0.0139. The third-order valence-electron chi connectivity index (χ3n) is 3.62. The number of nitrogens with zero attached hydrogens (tertiary/aromatic N) is 2. The van der Waals surface area contributed by atoms with Crippen LogP contribution in [0.1, 0.15) is 41.7 Å². The molecule has 2 unspecified atom stereocenters. The highest BCUT2D eigenvalue weighted by Crippen LogP contribution is 2.27. The topological polar surface area (TPSA) is 33.2 Å². The van der Waals surface area contributed by atoms with Crippen LogP contribution < -0.4 is 0 Å². The predicted octanol–water partition coefficient (Wildman–Crippen LogP) is 3.01. The molecule has 0 saturated heterocycles. The van der Waals surface area contributed by atoms with Crippen LogP contribution in [0, 0.1) is 6.92 Å². The molecule has 0 aliphatic heterocycles. The molecule has 1 fully saturated rings. The highest BCUT2D eigenvalue weighted by atomic mass is 35.5. The van der Waals surface area contributed by atoms with Crippen molar-refractivity contribution in [2.45, 2.75) is 44.0 Å². The fraction of sp³-hybridized carbons (Fsp3) is 0.571. The van der Waals surface area contributed by atoms with Crippen molar-refractivity contribution in [2.24, 2.45) is 0 Å². The molecule has 1 aliphatic rings. The number of pyridine rings is 1. The Morgan fingerprint density at radius 2 is 2.11 bits per heavy atom. The maximum Gasteiger partial charge on any atom is 0.255 e. The number of aryl methyl sites for hydroxylation is 1. The molecule has 0 aromatic carbocycles. The fourth-order valence-corrected chi connectivity index (χ4v) is 2.90. The zero-order valence-electron chi connectivity index (χ0n) is 10.9. The second-order valence-electron chi connectivity index (χ2n) is 4.97. The Labute approximate surface area is 113 Å². The minimum absolute atomic E-state index is 0.0139. The van der Waals surface area contributed by atoms with E-state index in [1.165, 1.54) is 6.42 Å². The van der Waals surface area contributed by atoms with Gasteiger partial charge in [-0.2, -0.15) is 0 Å². The van der Waals surface area contributed by atoms with Crippen molar-refractivity contribution in [1.82, 2.24) is 9.88 Å². The van der Waals surface area contributed by atoms with Gasteiger partial charge in [-0.15, -0.1) is 11.6 Å². The third-order valence-corrected chi connectivity index (χ3v) is 4.13. The molecule has 98 valence electrons. The Hall–Kier alpha value is -1.09. The van der Waals surface area contributed by atoms with Gasteiger partial charge in [0.05, 0.1) is 10.9 Å². The second kappa shape index (κ2) is 5.70. The van der Waals surface area contributed by atoms with E-state index in [0.717, 1.165) is 25.0 Å². The lowest BCUT2D eigenvalue weighted by molar-refractivity contribution is 0.0700. The van der Waals surface area contributed by atoms with Crippen LogP contribution in [-0.4, -0.2) is 34.3 Å². The highest BCUT2D eigenvalue weighted by molar-refractivity contribution is 6.21. The summed E-state index contributed by atoms with van der Waals surface area (Å²) in [5, 5.41) is 0.0751. The van der Waals surface area contributed by atoms with Crippen molar-refractivity contribution in [3.8, 4) is 0 Å². The molecular formula is C14H19ClN2O. The minimum atomic E-state index is 0.0139. The number of aromatic nitrogens is 1. The average Bonchev–Trinajstić information content (AvgIpc) is 2.38. The molecule has 18 heavy (non-hydrogen) atoms. The summed E-state index contributed by atoms with van der Waals surface area (Å²) < 4.78 is 0. The van der Waals surface area contributed by atoms with Gasteiger partial charge in [0.25, 0.3) is 5.91 Å². The van der Waals surface area contributed by atoms with Crippen molar-refractivity contribution in [2.75, 3.05) is 7.05 Å². The van der Waals surface area contributed by atoms with E-state index in [2.05, 4.69) is 4.98 Å². The molecule has 2 atom stereocenters. The molecule has 1 saturated carbocycles. The largest absolute Gasteiger partial charge is 0.337 e. The van der Waals surface area contributed by atoms with Crippen LogP contribution in [0.15, 0.2) is 18.3 Å². The van der Waals surface area contributed by atoms with Gasteiger partial charge in [0.2, 0.25) is 0 Å². The number of alkyl halides is 1. The first kappa shape index (κ1) is 13.3. The van der Waals surface area contributed by atoms with E-state index in [0.29, 0.717) is 5.56 Å². The number of hydrogen-bond acceptors (Lipinski definition) is 2. The predicted molar refractivity (Wildman–Crippen MR) is 73.0 cm³/mol. The summed E-state index contributed by atoms with van der Waals surface area (Å²) in [6.07, 6.45) is 5.95. The van der Waals surface area contributed by atoms with Crippen molar-refractivity contribution < 1.29 is 4.79 Å². The minimum Gasteiger partial charge on any atom is -0.337 e. The van der Waals surface area contributed by atoms with Crippen LogP contribution in [0.25, 0.3) is 0 Å². The number of amides is 1. The smallest absolute Gasteiger partial charge is 0.255 e. The zero-order chi connectivity index (χ0) is 13.1. The molecule has 0 spiro atoms. The van der Waals surface area contributed by atoms with E-state index in [9.17, 15) is 4.79 Å². The zero-order valence-corrected chi connectivity index (χ0v) is 11.7. The second-order valence-corrected chi connectivity index (χ2v) is 5.53. The molecule has 1 aliphatic carbocycles. The van der Waals surface area contributed by atoms with Gasteiger partial charge < -0.3 is 4.90 Å². The summed E-state index contributed by atoms with van der Waals surface area (Å²) in [4.78, 5) is 18.3. The fourth-order valence-electron chi connectivity index (χ4n) is 2.45. The SMILES string of the molecule is Cc1ccc(C(=O)N(C)C2CCCCC2Cl)cn1. The van der Waals surface area contributed by atoms with Crippen LogP contribution in [0.3, 0.4) is 0 Å². The lowest BCUT2D eigenvalue weighted by Crippen LogP contribution is -2.44. The first-order valence-electron chi connectivity index (χ1n) is 6.43. The molecule has 1 amide bonds. The van der Waals surface area contributed by atoms with Crippen molar-refractivity contribution >= 4 is 17.5 Å². The Morgan fingerprint density at radius 3 is 2.72 bits per heavy atom. The van der Waals surface area contributed by atoms with Crippen LogP contribution in [0.5, 0.6) is 0 Å². The van der Waals surface area contributed by atoms with Gasteiger partial charge in [0.1, 0.15) is 0 Å². The number of hydrogen-bond donors (Lipinski definition) is 0. The summed E-state index contributed by atoms with van der Waals surface area (Å²) in [5.41, 5.74) is 1.56. The monoisotopic (exact) mass is 266 g/mol. The van der Waals surface area contributed by atoms with E-state index in [-0.39, 0.29) is 17.3 Å². The maximum absolute atomic E-state index is 12.3. The van der Waals surface area contributed by atoms with E-state index in [1.807, 2.05) is 26.1 Å². The van der Waals surface area contributed by atoms with Crippen LogP contribution in [-0.2, 0) is 0 Å². The maximum atomic E-state index is 12.3. The Balaban J connectivity index is 2.10. The summed E-state index contributed by atoms with van der Waals surface area (Å²) in [6, 6.07) is 3.84. The van der Waals surface area contributed by atoms with E-state index >= 15 is 0 Å². The molecule has 0 N–H and O–H groups in total. The van der Waals surface area contributed by atoms with Gasteiger partial charge in [-0.3, -0.25) is 9.78 Å². The van der Waals surface area contributed by atoms with Gasteiger partial charge in [0.15, 0.2) is 0 Å². The Morgan fingerprint density at radius 1 is 1.39 bits per heavy atom. The lowest BCUT2D eigenvalue weighted by atomic mass is 9.93. The van der Waals surface area contributed by atoms with Gasteiger partial charge in [-0.25, -0.2) is 0 Å². The summed E-state index contributed by atoms with van der Waals surface area (Å²) in [6.45, 7) is 1.91. The van der Waals surface area contributed by atoms with Gasteiger partial charge in [-0.1, -0.05) is 12.8 Å². The van der Waals surface area contributed by atoms with Crippen LogP contribution in [0.4, 0.5) is 0 Å². The lowest BCUT2D eigenvalue weighted by Gasteiger charge is -2.34. The van der Waals surface area contributed by atoms with Crippen LogP contribution in [0.2, 0.25) is 0 Å². The van der Waals surface area contributed by atoms with E-state index in [4.69, 9.17) is 11.6 Å². The molecule has 3 nitrogen and oxygen atoms in total. The molecule has 1 heterocycles. The third kappa shape index (κ3) is 2.83. The standard InChI is InChI=1S/C14H19ClN2O/c1-10-7-8-11(9-16-10)14(18)17(2)13-6-4-3-5-12(13)15/h7-9,12-13H,3-6H2,1-2H3. The molecule has 2 rings (SSSR count). The average molecular weight is 267 g/mol. The summed E-state index contributed by atoms with van der Waals surface area (Å²) in [7, 11) is 1.84. The molecule has 0 radical (unpaired) electrons. The first-order valence-corrected chi connectivity index (χ1v) is 6.87. The molecule has 1 aromatic rings. The van der Waals surface area contributed by atoms with Crippen molar-refractivity contribution in [1.29, 1.82) is 0 Å². The molecule has 0 bridgehead atoms. The quantitative estimate of drug-likeness (QED) is 0.771. The van der Waals surface area contributed by atoms with Gasteiger partial charge in [0, 0.05) is 25.0 Å². The van der Waals surface area contributed by atoms with Gasteiger partial charge >= 0.3 is 0 Å². The number of carbonyl (C=O) groups is 1. The Kier molecular flexibility index (Phi) is 4.23. The highest BCUT2D eigenvalue weighted by Gasteiger charge is 2.29. The molecule has 4 heteroatoms. The summed E-state index contributed by atoms with van der Waals surface area (Å²) >= 11 is 6.32. The normalized spacial score (nSPS) is 23.7. The Bertz CT molecular complexity index is 418. The van der Waals surface area contributed by atoms with Crippen molar-refractivity contribution in [3.63, 3.8) is 0 Å². The van der Waals surface area contributed by atoms with E-state index in [1.54, 1.807) is 11.1 Å². The molecular weight excluding hydrogens is 248 g/mol.